The van der Waals surface area contributed by atoms with Gasteiger partial charge in [0, 0.05) is 36.3 Å². The van der Waals surface area contributed by atoms with Gasteiger partial charge in [0.15, 0.2) is 0 Å². The van der Waals surface area contributed by atoms with E-state index in [-0.39, 0.29) is 17.7 Å². The third-order valence-electron chi connectivity index (χ3n) is 4.89. The number of methoxy groups -OCH3 is 1. The molecule has 1 aromatic carbocycles. The van der Waals surface area contributed by atoms with E-state index < -0.39 is 0 Å². The largest absolute Gasteiger partial charge is 0.481 e. The van der Waals surface area contributed by atoms with Gasteiger partial charge in [-0.3, -0.25) is 5.10 Å². The molecular formula is C19H21FN6O. The van der Waals surface area contributed by atoms with Crippen LogP contribution in [-0.2, 0) is 0 Å². The number of hydrogen-bond acceptors (Lipinski definition) is 6. The van der Waals surface area contributed by atoms with E-state index in [1.165, 1.54) is 12.1 Å². The fraction of sp³-hybridized carbons (Fsp3) is 0.316. The molecule has 3 heterocycles. The lowest BCUT2D eigenvalue weighted by Gasteiger charge is -2.33. The molecule has 0 radical (unpaired) electrons. The van der Waals surface area contributed by atoms with E-state index in [4.69, 9.17) is 10.5 Å². The number of anilines is 2. The van der Waals surface area contributed by atoms with Crippen molar-refractivity contribution in [3.63, 3.8) is 0 Å². The average Bonchev–Trinajstić information content (AvgIpc) is 3.18. The zero-order valence-corrected chi connectivity index (χ0v) is 15.0. The maximum Gasteiger partial charge on any atom is 0.225 e. The molecule has 0 unspecified atom stereocenters. The Morgan fingerprint density at radius 2 is 2.07 bits per heavy atom. The van der Waals surface area contributed by atoms with Crippen molar-refractivity contribution in [3.05, 3.63) is 48.0 Å². The Morgan fingerprint density at radius 3 is 2.85 bits per heavy atom. The normalized spacial score (nSPS) is 17.1. The van der Waals surface area contributed by atoms with Gasteiger partial charge in [-0.05, 0) is 30.5 Å². The first-order chi connectivity index (χ1) is 13.1. The van der Waals surface area contributed by atoms with Crippen molar-refractivity contribution >= 4 is 11.8 Å². The highest BCUT2D eigenvalue weighted by molar-refractivity contribution is 5.66. The summed E-state index contributed by atoms with van der Waals surface area (Å²) in [5.74, 6) is 1.41. The van der Waals surface area contributed by atoms with Gasteiger partial charge < -0.3 is 15.4 Å². The summed E-state index contributed by atoms with van der Waals surface area (Å²) in [6.07, 6.45) is 3.84. The predicted octanol–water partition coefficient (Wildman–Crippen LogP) is 2.98. The predicted molar refractivity (Wildman–Crippen MR) is 101 cm³/mol. The summed E-state index contributed by atoms with van der Waals surface area (Å²) < 4.78 is 18.5. The SMILES string of the molecule is COc1cc(N2CCC[C@H](c3[nH]ncc3-c3ccc(F)cc3)C2)nc(N)n1. The first-order valence-corrected chi connectivity index (χ1v) is 8.86. The molecule has 1 aliphatic rings. The summed E-state index contributed by atoms with van der Waals surface area (Å²) in [6, 6.07) is 8.29. The number of hydrogen-bond donors (Lipinski definition) is 2. The Balaban J connectivity index is 1.60. The highest BCUT2D eigenvalue weighted by Crippen LogP contribution is 2.34. The van der Waals surface area contributed by atoms with Crippen molar-refractivity contribution < 1.29 is 9.13 Å². The molecule has 0 amide bonds. The number of halogens is 1. The Labute approximate surface area is 156 Å². The van der Waals surface area contributed by atoms with Gasteiger partial charge in [-0.1, -0.05) is 12.1 Å². The van der Waals surface area contributed by atoms with Crippen molar-refractivity contribution in [3.8, 4) is 17.0 Å². The molecule has 0 aliphatic carbocycles. The molecule has 27 heavy (non-hydrogen) atoms. The highest BCUT2D eigenvalue weighted by Gasteiger charge is 2.26. The van der Waals surface area contributed by atoms with Gasteiger partial charge in [0.2, 0.25) is 11.8 Å². The summed E-state index contributed by atoms with van der Waals surface area (Å²) in [5, 5.41) is 7.37. The topological polar surface area (TPSA) is 93.0 Å². The van der Waals surface area contributed by atoms with Crippen LogP contribution in [-0.4, -0.2) is 40.4 Å². The van der Waals surface area contributed by atoms with Crippen LogP contribution in [0.4, 0.5) is 16.2 Å². The van der Waals surface area contributed by atoms with E-state index in [2.05, 4.69) is 25.1 Å². The molecule has 140 valence electrons. The van der Waals surface area contributed by atoms with Crippen molar-refractivity contribution in [1.82, 2.24) is 20.2 Å². The van der Waals surface area contributed by atoms with Gasteiger partial charge in [-0.2, -0.15) is 15.1 Å². The van der Waals surface area contributed by atoms with Gasteiger partial charge in [0.25, 0.3) is 0 Å². The zero-order chi connectivity index (χ0) is 18.8. The fourth-order valence-corrected chi connectivity index (χ4v) is 3.58. The molecule has 8 heteroatoms. The van der Waals surface area contributed by atoms with E-state index in [1.54, 1.807) is 31.5 Å². The summed E-state index contributed by atoms with van der Waals surface area (Å²) in [5.41, 5.74) is 8.81. The third-order valence-corrected chi connectivity index (χ3v) is 4.89. The molecule has 0 spiro atoms. The Kier molecular flexibility index (Phi) is 4.62. The van der Waals surface area contributed by atoms with Crippen molar-refractivity contribution in [2.75, 3.05) is 30.8 Å². The van der Waals surface area contributed by atoms with Gasteiger partial charge in [-0.25, -0.2) is 4.39 Å². The number of nitrogens with zero attached hydrogens (tertiary/aromatic N) is 4. The number of aromatic amines is 1. The molecule has 0 saturated carbocycles. The van der Waals surface area contributed by atoms with Gasteiger partial charge in [0.1, 0.15) is 11.6 Å². The minimum absolute atomic E-state index is 0.194. The monoisotopic (exact) mass is 368 g/mol. The number of nitrogens with one attached hydrogen (secondary N) is 1. The molecule has 4 rings (SSSR count). The molecule has 1 aliphatic heterocycles. The average molecular weight is 368 g/mol. The van der Waals surface area contributed by atoms with Crippen molar-refractivity contribution in [2.45, 2.75) is 18.8 Å². The number of ether oxygens (including phenoxy) is 1. The molecule has 1 saturated heterocycles. The van der Waals surface area contributed by atoms with Crippen LogP contribution in [0.1, 0.15) is 24.5 Å². The van der Waals surface area contributed by atoms with E-state index in [0.29, 0.717) is 5.88 Å². The van der Waals surface area contributed by atoms with Crippen molar-refractivity contribution in [1.29, 1.82) is 0 Å². The molecule has 1 fully saturated rings. The second kappa shape index (κ2) is 7.22. The van der Waals surface area contributed by atoms with Gasteiger partial charge in [0.05, 0.1) is 13.3 Å². The van der Waals surface area contributed by atoms with E-state index in [9.17, 15) is 4.39 Å². The lowest BCUT2D eigenvalue weighted by molar-refractivity contribution is 0.397. The Bertz CT molecular complexity index is 926. The minimum atomic E-state index is -0.247. The second-order valence-corrected chi connectivity index (χ2v) is 6.62. The van der Waals surface area contributed by atoms with Crippen LogP contribution < -0.4 is 15.4 Å². The molecule has 2 aromatic heterocycles. The lowest BCUT2D eigenvalue weighted by Crippen LogP contribution is -2.35. The van der Waals surface area contributed by atoms with Crippen LogP contribution in [0.5, 0.6) is 5.88 Å². The van der Waals surface area contributed by atoms with Crippen LogP contribution in [0.15, 0.2) is 36.5 Å². The maximum absolute atomic E-state index is 13.3. The number of aromatic nitrogens is 4. The van der Waals surface area contributed by atoms with Gasteiger partial charge in [-0.15, -0.1) is 0 Å². The van der Waals surface area contributed by atoms with E-state index in [1.807, 2.05) is 0 Å². The van der Waals surface area contributed by atoms with E-state index >= 15 is 0 Å². The molecule has 3 aromatic rings. The van der Waals surface area contributed by atoms with Crippen LogP contribution in [0, 0.1) is 5.82 Å². The zero-order valence-electron chi connectivity index (χ0n) is 15.0. The number of nitrogens with two attached hydrogens (primary N) is 1. The molecule has 7 nitrogen and oxygen atoms in total. The summed E-state index contributed by atoms with van der Waals surface area (Å²) in [6.45, 7) is 1.66. The number of rotatable bonds is 4. The number of benzene rings is 1. The first kappa shape index (κ1) is 17.3. The van der Waals surface area contributed by atoms with Crippen molar-refractivity contribution in [2.24, 2.45) is 0 Å². The lowest BCUT2D eigenvalue weighted by atomic mass is 9.90. The van der Waals surface area contributed by atoms with Crippen LogP contribution >= 0.6 is 0 Å². The molecule has 0 bridgehead atoms. The highest BCUT2D eigenvalue weighted by atomic mass is 19.1. The fourth-order valence-electron chi connectivity index (χ4n) is 3.58. The Morgan fingerprint density at radius 1 is 1.26 bits per heavy atom. The Hall–Kier alpha value is -3.16. The van der Waals surface area contributed by atoms with Crippen LogP contribution in [0.2, 0.25) is 0 Å². The maximum atomic E-state index is 13.3. The van der Waals surface area contributed by atoms with Crippen LogP contribution in [0.25, 0.3) is 11.1 Å². The van der Waals surface area contributed by atoms with Gasteiger partial charge >= 0.3 is 0 Å². The summed E-state index contributed by atoms with van der Waals surface area (Å²) in [4.78, 5) is 10.6. The number of H-pyrrole nitrogens is 1. The smallest absolute Gasteiger partial charge is 0.225 e. The quantitative estimate of drug-likeness (QED) is 0.735. The second-order valence-electron chi connectivity index (χ2n) is 6.62. The summed E-state index contributed by atoms with van der Waals surface area (Å²) >= 11 is 0. The summed E-state index contributed by atoms with van der Waals surface area (Å²) in [7, 11) is 1.56. The molecule has 1 atom stereocenters. The minimum Gasteiger partial charge on any atom is -0.481 e. The van der Waals surface area contributed by atoms with Crippen LogP contribution in [0.3, 0.4) is 0 Å². The number of piperidine rings is 1. The number of nitrogen functional groups attached to an aromatic ring is 1. The molecule has 3 N–H and O–H groups in total. The first-order valence-electron chi connectivity index (χ1n) is 8.86. The standard InChI is InChI=1S/C19H21FN6O/c1-27-17-9-16(23-19(21)24-17)26-8-2-3-13(11-26)18-15(10-22-25-18)12-4-6-14(20)7-5-12/h4-7,9-10,13H,2-3,8,11H2,1H3,(H,22,25)(H2,21,23,24)/t13-/m0/s1. The molecular weight excluding hydrogens is 347 g/mol. The third kappa shape index (κ3) is 3.55. The van der Waals surface area contributed by atoms with E-state index in [0.717, 1.165) is 48.6 Å².